The highest BCUT2D eigenvalue weighted by Crippen LogP contribution is 2.45. The van der Waals surface area contributed by atoms with E-state index in [9.17, 15) is 4.79 Å². The normalized spacial score (nSPS) is 23.8. The third-order valence-electron chi connectivity index (χ3n) is 8.44. The molecule has 7 nitrogen and oxygen atoms in total. The maximum atomic E-state index is 12.4. The van der Waals surface area contributed by atoms with Crippen LogP contribution in [0.25, 0.3) is 0 Å². The number of hydrogen-bond donors (Lipinski definition) is 2. The molecule has 1 aliphatic heterocycles. The van der Waals surface area contributed by atoms with Gasteiger partial charge >= 0.3 is 6.09 Å². The molecule has 1 amide bonds. The maximum Gasteiger partial charge on any atom is 0.407 e. The third-order valence-corrected chi connectivity index (χ3v) is 9.51. The van der Waals surface area contributed by atoms with Crippen LogP contribution in [0, 0.1) is 24.7 Å². The topological polar surface area (TPSA) is 72.1 Å². The minimum Gasteiger partial charge on any atom is -0.446 e. The van der Waals surface area contributed by atoms with E-state index in [-0.39, 0.29) is 29.9 Å². The van der Waals surface area contributed by atoms with Crippen molar-refractivity contribution < 1.29 is 19.0 Å². The van der Waals surface area contributed by atoms with Crippen LogP contribution in [0.5, 0.6) is 0 Å². The van der Waals surface area contributed by atoms with Crippen LogP contribution < -0.4 is 10.6 Å². The number of hydrogen-bond acceptors (Lipinski definition) is 7. The molecule has 4 atom stereocenters. The fraction of sp³-hybridized carbons (Fsp3) is 0.618. The zero-order valence-corrected chi connectivity index (χ0v) is 27.0. The van der Waals surface area contributed by atoms with Crippen LogP contribution in [-0.2, 0) is 19.7 Å². The van der Waals surface area contributed by atoms with Crippen molar-refractivity contribution in [2.45, 2.75) is 82.6 Å². The van der Waals surface area contributed by atoms with Gasteiger partial charge < -0.3 is 24.8 Å². The largest absolute Gasteiger partial charge is 0.446 e. The van der Waals surface area contributed by atoms with E-state index in [0.29, 0.717) is 31.6 Å². The van der Waals surface area contributed by atoms with Crippen LogP contribution in [0.1, 0.15) is 64.0 Å². The van der Waals surface area contributed by atoms with Gasteiger partial charge in [-0.2, -0.15) is 0 Å². The second kappa shape index (κ2) is 16.1. The van der Waals surface area contributed by atoms with E-state index in [0.717, 1.165) is 32.4 Å². The molecule has 3 aliphatic rings. The van der Waals surface area contributed by atoms with E-state index in [2.05, 4.69) is 79.2 Å². The molecule has 2 aromatic rings. The molecule has 1 saturated heterocycles. The Bertz CT molecular complexity index is 1080. The van der Waals surface area contributed by atoms with Crippen LogP contribution in [0.2, 0.25) is 0 Å². The Hall–Kier alpha value is -2.10. The number of aryl methyl sites for hydroxylation is 1. The molecule has 42 heavy (non-hydrogen) atoms. The number of fused-ring (bicyclic) bond motifs is 1. The van der Waals surface area contributed by atoms with Gasteiger partial charge in [-0.25, -0.2) is 9.10 Å². The number of rotatable bonds is 13. The highest BCUT2D eigenvalue weighted by Gasteiger charge is 2.48. The number of carbonyl (C=O) groups excluding carboxylic acids is 1. The number of nitrogens with one attached hydrogen (secondary N) is 2. The molecule has 5 rings (SSSR count). The van der Waals surface area contributed by atoms with E-state index < -0.39 is 0 Å². The Kier molecular flexibility index (Phi) is 12.6. The zero-order valence-electron chi connectivity index (χ0n) is 26.1. The number of ether oxygens (including phenoxy) is 3. The second-order valence-corrected chi connectivity index (χ2v) is 13.3. The van der Waals surface area contributed by atoms with Crippen molar-refractivity contribution in [2.24, 2.45) is 17.8 Å². The highest BCUT2D eigenvalue weighted by molar-refractivity contribution is 7.97. The SMILES string of the molecule is CCOC1OCC2C(OC(=O)NCCCN(CC(C)C)Sc3ccc(C4(NC)CC4)cc3)CCC12.Cc1ccccc1. The first-order chi connectivity index (χ1) is 20.3. The Morgan fingerprint density at radius 1 is 1.10 bits per heavy atom. The van der Waals surface area contributed by atoms with Crippen molar-refractivity contribution in [1.29, 1.82) is 0 Å². The third kappa shape index (κ3) is 9.45. The summed E-state index contributed by atoms with van der Waals surface area (Å²) in [6.45, 7) is 12.3. The number of benzene rings is 2. The Morgan fingerprint density at radius 3 is 2.43 bits per heavy atom. The molecule has 3 fully saturated rings. The average Bonchev–Trinajstić information content (AvgIpc) is 3.54. The van der Waals surface area contributed by atoms with E-state index in [1.54, 1.807) is 0 Å². The van der Waals surface area contributed by atoms with Gasteiger partial charge in [-0.3, -0.25) is 0 Å². The smallest absolute Gasteiger partial charge is 0.407 e. The lowest BCUT2D eigenvalue weighted by atomic mass is 9.98. The molecule has 1 heterocycles. The average molecular weight is 598 g/mol. The van der Waals surface area contributed by atoms with Crippen molar-refractivity contribution in [3.05, 3.63) is 65.7 Å². The molecule has 4 unspecified atom stereocenters. The van der Waals surface area contributed by atoms with Gasteiger partial charge in [0.15, 0.2) is 6.29 Å². The Labute approximate surface area is 257 Å². The van der Waals surface area contributed by atoms with Crippen LogP contribution in [0.4, 0.5) is 4.79 Å². The number of alkyl carbamates (subject to hydrolysis) is 1. The summed E-state index contributed by atoms with van der Waals surface area (Å²) in [4.78, 5) is 13.7. The lowest BCUT2D eigenvalue weighted by Crippen LogP contribution is -2.34. The van der Waals surface area contributed by atoms with Gasteiger partial charge in [0.2, 0.25) is 0 Å². The van der Waals surface area contributed by atoms with Gasteiger partial charge in [0.05, 0.1) is 6.61 Å². The summed E-state index contributed by atoms with van der Waals surface area (Å²) < 4.78 is 19.6. The van der Waals surface area contributed by atoms with Gasteiger partial charge in [-0.15, -0.1) is 0 Å². The summed E-state index contributed by atoms with van der Waals surface area (Å²) in [6.07, 6.45) is 4.67. The first kappa shape index (κ1) is 32.8. The minimum atomic E-state index is -0.312. The Balaban J connectivity index is 0.000000507. The van der Waals surface area contributed by atoms with Crippen molar-refractivity contribution in [1.82, 2.24) is 14.9 Å². The second-order valence-electron chi connectivity index (χ2n) is 12.2. The molecule has 2 aliphatic carbocycles. The lowest BCUT2D eigenvalue weighted by molar-refractivity contribution is -0.128. The summed E-state index contributed by atoms with van der Waals surface area (Å²) in [5.41, 5.74) is 2.91. The first-order valence-electron chi connectivity index (χ1n) is 15.7. The van der Waals surface area contributed by atoms with Crippen molar-refractivity contribution in [3.63, 3.8) is 0 Å². The molecular weight excluding hydrogens is 546 g/mol. The molecule has 0 aromatic heterocycles. The Morgan fingerprint density at radius 2 is 1.83 bits per heavy atom. The molecule has 0 spiro atoms. The molecule has 2 aromatic carbocycles. The van der Waals surface area contributed by atoms with Gasteiger partial charge in [0, 0.05) is 48.5 Å². The van der Waals surface area contributed by atoms with Crippen LogP contribution >= 0.6 is 11.9 Å². The molecule has 2 N–H and O–H groups in total. The van der Waals surface area contributed by atoms with Gasteiger partial charge in [0.25, 0.3) is 0 Å². The van der Waals surface area contributed by atoms with Crippen molar-refractivity contribution in [3.8, 4) is 0 Å². The van der Waals surface area contributed by atoms with E-state index in [1.807, 2.05) is 37.1 Å². The summed E-state index contributed by atoms with van der Waals surface area (Å²) in [5.74, 6) is 1.17. The number of nitrogens with zero attached hydrogens (tertiary/aromatic N) is 1. The van der Waals surface area contributed by atoms with Crippen LogP contribution in [0.15, 0.2) is 59.5 Å². The summed E-state index contributed by atoms with van der Waals surface area (Å²) in [7, 11) is 2.05. The van der Waals surface area contributed by atoms with Gasteiger partial charge in [0.1, 0.15) is 6.10 Å². The molecule has 2 saturated carbocycles. The predicted octanol–water partition coefficient (Wildman–Crippen LogP) is 6.76. The van der Waals surface area contributed by atoms with Crippen molar-refractivity contribution in [2.75, 3.05) is 39.9 Å². The minimum absolute atomic E-state index is 0.0703. The van der Waals surface area contributed by atoms with Crippen molar-refractivity contribution >= 4 is 18.0 Å². The van der Waals surface area contributed by atoms with Gasteiger partial charge in [-0.1, -0.05) is 61.9 Å². The maximum absolute atomic E-state index is 12.4. The zero-order chi connectivity index (χ0) is 30.0. The summed E-state index contributed by atoms with van der Waals surface area (Å²) in [5, 5.41) is 6.42. The van der Waals surface area contributed by atoms with E-state index in [4.69, 9.17) is 14.2 Å². The number of carbonyl (C=O) groups is 1. The first-order valence-corrected chi connectivity index (χ1v) is 16.5. The fourth-order valence-electron chi connectivity index (χ4n) is 5.97. The summed E-state index contributed by atoms with van der Waals surface area (Å²) in [6, 6.07) is 19.3. The molecule has 0 radical (unpaired) electrons. The predicted molar refractivity (Wildman–Crippen MR) is 170 cm³/mol. The standard InChI is InChI=1S/C27H43N3O4S.C7H8/c1-5-32-25-22-11-12-24(23(22)18-33-25)34-26(31)29-15-6-16-30(17-19(2)3)35-21-9-7-20(8-10-21)27(28-4)13-14-27;1-7-5-3-2-4-6-7/h7-10,19,22-25,28H,5-6,11-18H2,1-4H3,(H,29,31);2-6H,1H3. The van der Waals surface area contributed by atoms with E-state index in [1.165, 1.54) is 28.9 Å². The monoisotopic (exact) mass is 597 g/mol. The number of amides is 1. The van der Waals surface area contributed by atoms with E-state index >= 15 is 0 Å². The molecule has 232 valence electrons. The lowest BCUT2D eigenvalue weighted by Gasteiger charge is -2.24. The molecule has 8 heteroatoms. The molecular formula is C34H51N3O4S. The molecule has 0 bridgehead atoms. The van der Waals surface area contributed by atoms with Crippen LogP contribution in [-0.4, -0.2) is 62.7 Å². The van der Waals surface area contributed by atoms with Crippen LogP contribution in [0.3, 0.4) is 0 Å². The quantitative estimate of drug-likeness (QED) is 0.195. The van der Waals surface area contributed by atoms with Gasteiger partial charge in [-0.05, 0) is 88.6 Å². The fourth-order valence-corrected chi connectivity index (χ4v) is 7.12. The summed E-state index contributed by atoms with van der Waals surface area (Å²) >= 11 is 1.81. The highest BCUT2D eigenvalue weighted by atomic mass is 32.2.